The Morgan fingerprint density at radius 2 is 1.94 bits per heavy atom. The molecule has 0 heterocycles. The van der Waals surface area contributed by atoms with Crippen molar-refractivity contribution in [3.63, 3.8) is 0 Å². The lowest BCUT2D eigenvalue weighted by molar-refractivity contribution is 0.414. The summed E-state index contributed by atoms with van der Waals surface area (Å²) in [4.78, 5) is 1.31. The quantitative estimate of drug-likeness (QED) is 0.585. The molecule has 1 atom stereocenters. The van der Waals surface area contributed by atoms with E-state index in [1.54, 1.807) is 7.11 Å². The van der Waals surface area contributed by atoms with Crippen LogP contribution in [0.15, 0.2) is 29.2 Å². The van der Waals surface area contributed by atoms with Gasteiger partial charge in [0.05, 0.1) is 7.11 Å². The van der Waals surface area contributed by atoms with Crippen molar-refractivity contribution in [1.82, 2.24) is 0 Å². The minimum absolute atomic E-state index is 0.339. The summed E-state index contributed by atoms with van der Waals surface area (Å²) in [7, 11) is 1.69. The average molecular weight is 239 g/mol. The Hall–Kier alpha value is -0.670. The first-order valence-electron chi connectivity index (χ1n) is 5.75. The van der Waals surface area contributed by atoms with E-state index in [4.69, 9.17) is 10.5 Å². The maximum absolute atomic E-state index is 5.70. The fourth-order valence-electron chi connectivity index (χ4n) is 1.43. The highest BCUT2D eigenvalue weighted by molar-refractivity contribution is 7.99. The van der Waals surface area contributed by atoms with E-state index in [0.29, 0.717) is 6.04 Å². The molecular formula is C13H21NOS. The van der Waals surface area contributed by atoms with Gasteiger partial charge in [0.2, 0.25) is 0 Å². The minimum atomic E-state index is 0.339. The first-order chi connectivity index (χ1) is 7.72. The fraction of sp³-hybridized carbons (Fsp3) is 0.538. The smallest absolute Gasteiger partial charge is 0.118 e. The molecule has 0 aliphatic heterocycles. The second-order valence-corrected chi connectivity index (χ2v) is 5.17. The summed E-state index contributed by atoms with van der Waals surface area (Å²) in [6.07, 6.45) is 3.59. The first-order valence-corrected chi connectivity index (χ1v) is 6.73. The van der Waals surface area contributed by atoms with Crippen molar-refractivity contribution in [2.75, 3.05) is 12.9 Å². The number of hydrogen-bond donors (Lipinski definition) is 1. The zero-order valence-electron chi connectivity index (χ0n) is 10.1. The van der Waals surface area contributed by atoms with Crippen LogP contribution in [0.1, 0.15) is 26.2 Å². The van der Waals surface area contributed by atoms with E-state index in [0.717, 1.165) is 12.2 Å². The number of hydrogen-bond acceptors (Lipinski definition) is 3. The van der Waals surface area contributed by atoms with Gasteiger partial charge in [-0.2, -0.15) is 0 Å². The van der Waals surface area contributed by atoms with Crippen LogP contribution in [0.5, 0.6) is 5.75 Å². The van der Waals surface area contributed by atoms with Crippen molar-refractivity contribution < 1.29 is 4.74 Å². The molecule has 1 unspecified atom stereocenters. The molecule has 3 heteroatoms. The molecule has 0 spiro atoms. The molecule has 0 amide bonds. The van der Waals surface area contributed by atoms with Crippen molar-refractivity contribution in [2.45, 2.75) is 37.1 Å². The molecule has 90 valence electrons. The Morgan fingerprint density at radius 1 is 1.25 bits per heavy atom. The van der Waals surface area contributed by atoms with Gasteiger partial charge in [-0.25, -0.2) is 0 Å². The molecule has 1 aromatic carbocycles. The van der Waals surface area contributed by atoms with E-state index in [1.165, 1.54) is 23.5 Å². The zero-order valence-corrected chi connectivity index (χ0v) is 10.9. The van der Waals surface area contributed by atoms with E-state index in [-0.39, 0.29) is 0 Å². The molecule has 0 saturated carbocycles. The highest BCUT2D eigenvalue weighted by atomic mass is 32.2. The molecule has 0 radical (unpaired) electrons. The van der Waals surface area contributed by atoms with Crippen LogP contribution in [0.4, 0.5) is 0 Å². The predicted molar refractivity (Wildman–Crippen MR) is 71.2 cm³/mol. The van der Waals surface area contributed by atoms with Gasteiger partial charge in [-0.05, 0) is 49.8 Å². The van der Waals surface area contributed by atoms with Crippen LogP contribution in [0.3, 0.4) is 0 Å². The second kappa shape index (κ2) is 7.58. The first kappa shape index (κ1) is 13.4. The summed E-state index contributed by atoms with van der Waals surface area (Å²) in [5, 5.41) is 0. The van der Waals surface area contributed by atoms with Crippen molar-refractivity contribution in [3.05, 3.63) is 24.3 Å². The third-order valence-corrected chi connectivity index (χ3v) is 3.48. The van der Waals surface area contributed by atoms with Gasteiger partial charge >= 0.3 is 0 Å². The van der Waals surface area contributed by atoms with Crippen LogP contribution in [-0.2, 0) is 0 Å². The highest BCUT2D eigenvalue weighted by Crippen LogP contribution is 2.22. The summed E-state index contributed by atoms with van der Waals surface area (Å²) in [5.41, 5.74) is 5.70. The molecule has 2 nitrogen and oxygen atoms in total. The van der Waals surface area contributed by atoms with Crippen LogP contribution < -0.4 is 10.5 Å². The lowest BCUT2D eigenvalue weighted by atomic mass is 10.2. The molecule has 1 aromatic rings. The summed E-state index contributed by atoms with van der Waals surface area (Å²) in [6, 6.07) is 8.56. The minimum Gasteiger partial charge on any atom is -0.497 e. The lowest BCUT2D eigenvalue weighted by Crippen LogP contribution is -2.13. The van der Waals surface area contributed by atoms with Gasteiger partial charge < -0.3 is 10.5 Å². The molecule has 0 saturated heterocycles. The molecule has 0 fully saturated rings. The third-order valence-electron chi connectivity index (χ3n) is 2.38. The molecule has 2 N–H and O–H groups in total. The predicted octanol–water partition coefficient (Wildman–Crippen LogP) is 3.30. The monoisotopic (exact) mass is 239 g/mol. The molecule has 16 heavy (non-hydrogen) atoms. The largest absolute Gasteiger partial charge is 0.497 e. The van der Waals surface area contributed by atoms with Gasteiger partial charge in [-0.1, -0.05) is 6.42 Å². The van der Waals surface area contributed by atoms with E-state index >= 15 is 0 Å². The Kier molecular flexibility index (Phi) is 6.34. The number of rotatable bonds is 7. The van der Waals surface area contributed by atoms with Gasteiger partial charge in [0.25, 0.3) is 0 Å². The average Bonchev–Trinajstić information content (AvgIpc) is 2.29. The van der Waals surface area contributed by atoms with Crippen LogP contribution in [-0.4, -0.2) is 18.9 Å². The standard InChI is InChI=1S/C13H21NOS/c1-11(14)5-3-4-10-16-13-8-6-12(15-2)7-9-13/h6-9,11H,3-5,10,14H2,1-2H3. The van der Waals surface area contributed by atoms with Gasteiger partial charge in [0, 0.05) is 10.9 Å². The lowest BCUT2D eigenvalue weighted by Gasteiger charge is -2.05. The van der Waals surface area contributed by atoms with Gasteiger partial charge in [-0.3, -0.25) is 0 Å². The van der Waals surface area contributed by atoms with E-state index in [9.17, 15) is 0 Å². The van der Waals surface area contributed by atoms with Crippen LogP contribution in [0.25, 0.3) is 0 Å². The number of thioether (sulfide) groups is 1. The molecule has 0 aliphatic carbocycles. The Bertz CT molecular complexity index is 284. The second-order valence-electron chi connectivity index (χ2n) is 4.00. The normalized spacial score (nSPS) is 12.4. The summed E-state index contributed by atoms with van der Waals surface area (Å²) < 4.78 is 5.12. The highest BCUT2D eigenvalue weighted by Gasteiger charge is 1.97. The number of methoxy groups -OCH3 is 1. The maximum Gasteiger partial charge on any atom is 0.118 e. The van der Waals surface area contributed by atoms with E-state index in [2.05, 4.69) is 19.1 Å². The molecule has 0 aliphatic rings. The van der Waals surface area contributed by atoms with Crippen molar-refractivity contribution >= 4 is 11.8 Å². The van der Waals surface area contributed by atoms with Gasteiger partial charge in [0.15, 0.2) is 0 Å². The number of nitrogens with two attached hydrogens (primary N) is 1. The summed E-state index contributed by atoms with van der Waals surface area (Å²) >= 11 is 1.89. The van der Waals surface area contributed by atoms with Gasteiger partial charge in [0.1, 0.15) is 5.75 Å². The fourth-order valence-corrected chi connectivity index (χ4v) is 2.34. The van der Waals surface area contributed by atoms with Crippen LogP contribution in [0.2, 0.25) is 0 Å². The van der Waals surface area contributed by atoms with Crippen molar-refractivity contribution in [3.8, 4) is 5.75 Å². The van der Waals surface area contributed by atoms with Crippen molar-refractivity contribution in [1.29, 1.82) is 0 Å². The molecular weight excluding hydrogens is 218 g/mol. The summed E-state index contributed by atoms with van der Waals surface area (Å²) in [6.45, 7) is 2.07. The molecule has 0 aromatic heterocycles. The number of benzene rings is 1. The van der Waals surface area contributed by atoms with E-state index < -0.39 is 0 Å². The van der Waals surface area contributed by atoms with E-state index in [1.807, 2.05) is 23.9 Å². The maximum atomic E-state index is 5.70. The Balaban J connectivity index is 2.16. The molecule has 1 rings (SSSR count). The Morgan fingerprint density at radius 3 is 2.50 bits per heavy atom. The Labute approximate surface area is 103 Å². The molecule has 0 bridgehead atoms. The number of unbranched alkanes of at least 4 members (excludes halogenated alkanes) is 1. The summed E-state index contributed by atoms with van der Waals surface area (Å²) in [5.74, 6) is 2.08. The topological polar surface area (TPSA) is 35.2 Å². The van der Waals surface area contributed by atoms with Crippen LogP contribution >= 0.6 is 11.8 Å². The SMILES string of the molecule is COc1ccc(SCCCCC(C)N)cc1. The van der Waals surface area contributed by atoms with Crippen molar-refractivity contribution in [2.24, 2.45) is 5.73 Å². The zero-order chi connectivity index (χ0) is 11.8. The number of ether oxygens (including phenoxy) is 1. The third kappa shape index (κ3) is 5.42. The van der Waals surface area contributed by atoms with Gasteiger partial charge in [-0.15, -0.1) is 11.8 Å². The van der Waals surface area contributed by atoms with Crippen LogP contribution in [0, 0.1) is 0 Å².